The fourth-order valence-corrected chi connectivity index (χ4v) is 3.47. The molecule has 0 fully saturated rings. The number of rotatable bonds is 7. The molecule has 1 atom stereocenters. The molecule has 0 radical (unpaired) electrons. The first kappa shape index (κ1) is 21.0. The van der Waals surface area contributed by atoms with Crippen molar-refractivity contribution in [2.75, 3.05) is 18.0 Å². The highest BCUT2D eigenvalue weighted by Gasteiger charge is 2.32. The molecule has 0 aromatic heterocycles. The van der Waals surface area contributed by atoms with Crippen molar-refractivity contribution in [2.45, 2.75) is 19.1 Å². The molecule has 31 heavy (non-hydrogen) atoms. The first-order valence-corrected chi connectivity index (χ1v) is 9.90. The van der Waals surface area contributed by atoms with E-state index >= 15 is 0 Å². The van der Waals surface area contributed by atoms with E-state index in [0.717, 1.165) is 24.6 Å². The topological polar surface area (TPSA) is 82.4 Å². The van der Waals surface area contributed by atoms with Gasteiger partial charge in [-0.3, -0.25) is 4.90 Å². The third kappa shape index (κ3) is 4.42. The summed E-state index contributed by atoms with van der Waals surface area (Å²) >= 11 is 0. The maximum absolute atomic E-state index is 14.1. The van der Waals surface area contributed by atoms with Crippen LogP contribution in [0.1, 0.15) is 17.5 Å². The lowest BCUT2D eigenvalue weighted by Crippen LogP contribution is -2.51. The van der Waals surface area contributed by atoms with E-state index in [2.05, 4.69) is 16.0 Å². The molecule has 0 spiro atoms. The quantitative estimate of drug-likeness (QED) is 0.403. The molecular weight excluding hydrogens is 407 g/mol. The van der Waals surface area contributed by atoms with Gasteiger partial charge >= 0.3 is 6.03 Å². The van der Waals surface area contributed by atoms with Crippen molar-refractivity contribution in [3.63, 3.8) is 0 Å². The van der Waals surface area contributed by atoms with Crippen LogP contribution in [0.3, 0.4) is 0 Å². The summed E-state index contributed by atoms with van der Waals surface area (Å²) in [5.41, 5.74) is 8.01. The van der Waals surface area contributed by atoms with Crippen LogP contribution in [0.15, 0.2) is 54.2 Å². The molecule has 5 N–H and O–H groups in total. The molecule has 2 aromatic rings. The smallest absolute Gasteiger partial charge is 0.327 e. The highest BCUT2D eigenvalue weighted by atomic mass is 19.2. The highest BCUT2D eigenvalue weighted by molar-refractivity contribution is 5.96. The molecule has 9 heteroatoms. The normalized spacial score (nSPS) is 17.6. The summed E-state index contributed by atoms with van der Waals surface area (Å²) in [6.45, 7) is 2.17. The van der Waals surface area contributed by atoms with Crippen LogP contribution in [-0.4, -0.2) is 25.3 Å². The Morgan fingerprint density at radius 1 is 1.03 bits per heavy atom. The Bertz CT molecular complexity index is 1050. The Labute approximate surface area is 177 Å². The van der Waals surface area contributed by atoms with Crippen molar-refractivity contribution >= 4 is 17.4 Å². The maximum atomic E-state index is 14.1. The monoisotopic (exact) mass is 429 g/mol. The molecule has 0 saturated carbocycles. The summed E-state index contributed by atoms with van der Waals surface area (Å²) in [5, 5.41) is 9.00. The average molecular weight is 429 g/mol. The van der Waals surface area contributed by atoms with Crippen molar-refractivity contribution in [1.29, 1.82) is 0 Å². The van der Waals surface area contributed by atoms with Crippen LogP contribution in [0, 0.1) is 17.5 Å². The van der Waals surface area contributed by atoms with Gasteiger partial charge in [0.2, 0.25) is 0 Å². The number of carbonyl (C=O) groups is 1. The predicted octanol–water partition coefficient (Wildman–Crippen LogP) is 2.93. The zero-order valence-corrected chi connectivity index (χ0v) is 16.6. The van der Waals surface area contributed by atoms with Gasteiger partial charge in [-0.15, -0.1) is 0 Å². The van der Waals surface area contributed by atoms with E-state index in [9.17, 15) is 18.0 Å². The van der Waals surface area contributed by atoms with E-state index in [0.29, 0.717) is 30.4 Å². The van der Waals surface area contributed by atoms with Gasteiger partial charge in [-0.05, 0) is 49.3 Å². The van der Waals surface area contributed by atoms with E-state index in [1.165, 1.54) is 4.90 Å². The third-order valence-corrected chi connectivity index (χ3v) is 5.11. The molecule has 1 unspecified atom stereocenters. The van der Waals surface area contributed by atoms with Gasteiger partial charge in [-0.2, -0.15) is 0 Å². The molecule has 2 aliphatic heterocycles. The molecule has 162 valence electrons. The molecule has 0 saturated heterocycles. The zero-order chi connectivity index (χ0) is 22.0. The SMILES string of the molecule is NCCCNCc1ccc(N2C=C3C=C(c4cc(F)c(F)cc4F)NC3NC2=O)cc1. The molecular formula is C22H22F3N5O. The summed E-state index contributed by atoms with van der Waals surface area (Å²) in [6, 6.07) is 8.44. The average Bonchev–Trinajstić information content (AvgIpc) is 3.16. The van der Waals surface area contributed by atoms with Crippen LogP contribution in [0.5, 0.6) is 0 Å². The van der Waals surface area contributed by atoms with Gasteiger partial charge in [0, 0.05) is 35.6 Å². The standard InChI is InChI=1S/C22H22F3N5O/c23-17-10-19(25)18(24)9-16(17)20-8-14-12-30(22(31)29-21(14)28-20)15-4-2-13(3-5-15)11-27-7-1-6-26/h2-5,8-10,12,21,27-28H,1,6-7,11,26H2,(H,29,31). The fourth-order valence-electron chi connectivity index (χ4n) is 3.47. The minimum atomic E-state index is -1.26. The number of nitrogens with two attached hydrogens (primary N) is 1. The van der Waals surface area contributed by atoms with E-state index in [1.807, 2.05) is 24.3 Å². The van der Waals surface area contributed by atoms with Gasteiger partial charge in [0.05, 0.1) is 5.69 Å². The number of benzene rings is 2. The largest absolute Gasteiger partial charge is 0.361 e. The van der Waals surface area contributed by atoms with Gasteiger partial charge in [0.25, 0.3) is 0 Å². The first-order chi connectivity index (χ1) is 15.0. The minimum Gasteiger partial charge on any atom is -0.361 e. The molecule has 2 heterocycles. The number of carbonyl (C=O) groups excluding carboxylic acids is 1. The lowest BCUT2D eigenvalue weighted by molar-refractivity contribution is 0.244. The molecule has 0 bridgehead atoms. The number of fused-ring (bicyclic) bond motifs is 1. The Balaban J connectivity index is 1.52. The van der Waals surface area contributed by atoms with E-state index in [-0.39, 0.29) is 17.3 Å². The van der Waals surface area contributed by atoms with Crippen molar-refractivity contribution in [2.24, 2.45) is 5.73 Å². The van der Waals surface area contributed by atoms with Crippen LogP contribution < -0.4 is 26.6 Å². The van der Waals surface area contributed by atoms with Crippen molar-refractivity contribution in [1.82, 2.24) is 16.0 Å². The van der Waals surface area contributed by atoms with Crippen molar-refractivity contribution < 1.29 is 18.0 Å². The number of nitrogens with zero attached hydrogens (tertiary/aromatic N) is 1. The number of nitrogens with one attached hydrogen (secondary N) is 3. The summed E-state index contributed by atoms with van der Waals surface area (Å²) in [7, 11) is 0. The lowest BCUT2D eigenvalue weighted by Gasteiger charge is -2.29. The first-order valence-electron chi connectivity index (χ1n) is 9.90. The number of halogens is 3. The minimum absolute atomic E-state index is 0.110. The fraction of sp³-hybridized carbons (Fsp3) is 0.227. The van der Waals surface area contributed by atoms with Crippen LogP contribution in [0.25, 0.3) is 5.70 Å². The molecule has 6 nitrogen and oxygen atoms in total. The lowest BCUT2D eigenvalue weighted by atomic mass is 10.1. The predicted molar refractivity (Wildman–Crippen MR) is 112 cm³/mol. The number of hydrogen-bond acceptors (Lipinski definition) is 4. The summed E-state index contributed by atoms with van der Waals surface area (Å²) in [4.78, 5) is 14.0. The molecule has 2 amide bonds. The number of hydrogen-bond donors (Lipinski definition) is 4. The summed E-state index contributed by atoms with van der Waals surface area (Å²) in [5.74, 6) is -3.30. The van der Waals surface area contributed by atoms with Crippen LogP contribution in [0.2, 0.25) is 0 Å². The Hall–Kier alpha value is -3.30. The zero-order valence-electron chi connectivity index (χ0n) is 16.6. The van der Waals surface area contributed by atoms with Gasteiger partial charge in [0.1, 0.15) is 12.0 Å². The van der Waals surface area contributed by atoms with Gasteiger partial charge in [0.15, 0.2) is 11.6 Å². The second-order valence-electron chi connectivity index (χ2n) is 7.32. The maximum Gasteiger partial charge on any atom is 0.327 e. The number of amides is 2. The van der Waals surface area contributed by atoms with Crippen molar-refractivity contribution in [3.05, 3.63) is 82.8 Å². The van der Waals surface area contributed by atoms with E-state index in [4.69, 9.17) is 5.73 Å². The van der Waals surface area contributed by atoms with Crippen LogP contribution in [0.4, 0.5) is 23.7 Å². The Morgan fingerprint density at radius 2 is 1.77 bits per heavy atom. The van der Waals surface area contributed by atoms with Gasteiger partial charge in [-0.25, -0.2) is 18.0 Å². The second kappa shape index (κ2) is 8.83. The van der Waals surface area contributed by atoms with Crippen LogP contribution in [-0.2, 0) is 6.54 Å². The highest BCUT2D eigenvalue weighted by Crippen LogP contribution is 2.30. The number of anilines is 1. The molecule has 4 rings (SSSR count). The Morgan fingerprint density at radius 3 is 2.52 bits per heavy atom. The third-order valence-electron chi connectivity index (χ3n) is 5.11. The van der Waals surface area contributed by atoms with E-state index in [1.54, 1.807) is 12.3 Å². The number of urea groups is 1. The van der Waals surface area contributed by atoms with Gasteiger partial charge < -0.3 is 21.7 Å². The van der Waals surface area contributed by atoms with Crippen molar-refractivity contribution in [3.8, 4) is 0 Å². The molecule has 0 aliphatic carbocycles. The molecule has 2 aliphatic rings. The van der Waals surface area contributed by atoms with E-state index < -0.39 is 23.6 Å². The molecule has 2 aromatic carbocycles. The Kier molecular flexibility index (Phi) is 5.97. The van der Waals surface area contributed by atoms with Crippen LogP contribution >= 0.6 is 0 Å². The van der Waals surface area contributed by atoms with Gasteiger partial charge in [-0.1, -0.05) is 12.1 Å². The summed E-state index contributed by atoms with van der Waals surface area (Å²) in [6.07, 6.45) is 3.55. The second-order valence-corrected chi connectivity index (χ2v) is 7.32. The summed E-state index contributed by atoms with van der Waals surface area (Å²) < 4.78 is 40.9.